The molecule has 2 N–H and O–H groups in total. The third-order valence-electron chi connectivity index (χ3n) is 2.55. The van der Waals surface area contributed by atoms with Crippen molar-refractivity contribution in [3.8, 4) is 5.88 Å². The van der Waals surface area contributed by atoms with Crippen molar-refractivity contribution in [1.82, 2.24) is 4.98 Å². The molecule has 1 fully saturated rings. The number of anilines is 1. The quantitative estimate of drug-likeness (QED) is 0.768. The maximum absolute atomic E-state index is 8.58. The number of pyridine rings is 1. The summed E-state index contributed by atoms with van der Waals surface area (Å²) in [7, 11) is 0. The van der Waals surface area contributed by atoms with Gasteiger partial charge in [-0.3, -0.25) is 0 Å². The summed E-state index contributed by atoms with van der Waals surface area (Å²) in [6.45, 7) is 0.312. The molecule has 0 bridgehead atoms. The Bertz CT molecular complexity index is 296. The number of nitrogens with zero attached hydrogens (tertiary/aromatic N) is 1. The van der Waals surface area contributed by atoms with Gasteiger partial charge in [-0.2, -0.15) is 0 Å². The Kier molecular flexibility index (Phi) is 3.40. The molecule has 1 saturated carbocycles. The number of nitrogens with one attached hydrogen (secondary N) is 1. The Labute approximate surface area is 89.3 Å². The summed E-state index contributed by atoms with van der Waals surface area (Å²) < 4.78 is 5.17. The summed E-state index contributed by atoms with van der Waals surface area (Å²) >= 11 is 0. The summed E-state index contributed by atoms with van der Waals surface area (Å²) in [4.78, 5) is 4.13. The number of aliphatic hydroxyl groups is 1. The first-order valence-corrected chi connectivity index (χ1v) is 5.35. The van der Waals surface area contributed by atoms with Crippen molar-refractivity contribution in [2.45, 2.75) is 25.3 Å². The van der Waals surface area contributed by atoms with Crippen LogP contribution in [0.25, 0.3) is 0 Å². The second-order valence-electron chi connectivity index (χ2n) is 3.73. The molecule has 1 aliphatic rings. The van der Waals surface area contributed by atoms with Gasteiger partial charge in [0.1, 0.15) is 6.61 Å². The maximum atomic E-state index is 8.58. The molecule has 82 valence electrons. The predicted molar refractivity (Wildman–Crippen MR) is 58.1 cm³/mol. The van der Waals surface area contributed by atoms with Gasteiger partial charge >= 0.3 is 0 Å². The number of hydrogen-bond acceptors (Lipinski definition) is 4. The number of aliphatic hydroxyl groups excluding tert-OH is 1. The van der Waals surface area contributed by atoms with Crippen LogP contribution in [0, 0.1) is 0 Å². The van der Waals surface area contributed by atoms with Gasteiger partial charge in [0.15, 0.2) is 0 Å². The first kappa shape index (κ1) is 10.2. The maximum Gasteiger partial charge on any atom is 0.213 e. The lowest BCUT2D eigenvalue weighted by Gasteiger charge is -2.27. The standard InChI is InChI=1S/C11H16N2O2/c14-6-7-15-11-5-4-10(8-12-11)13-9-2-1-3-9/h4-5,8-9,13-14H,1-3,6-7H2. The topological polar surface area (TPSA) is 54.4 Å². The largest absolute Gasteiger partial charge is 0.475 e. The van der Waals surface area contributed by atoms with Crippen molar-refractivity contribution in [3.05, 3.63) is 18.3 Å². The van der Waals surface area contributed by atoms with E-state index in [1.807, 2.05) is 12.1 Å². The Hall–Kier alpha value is -1.29. The fourth-order valence-corrected chi connectivity index (χ4v) is 1.49. The fraction of sp³-hybridized carbons (Fsp3) is 0.545. The fourth-order valence-electron chi connectivity index (χ4n) is 1.49. The van der Waals surface area contributed by atoms with Crippen LogP contribution in [0.5, 0.6) is 5.88 Å². The molecule has 4 heteroatoms. The van der Waals surface area contributed by atoms with E-state index >= 15 is 0 Å². The van der Waals surface area contributed by atoms with Gasteiger partial charge in [-0.1, -0.05) is 0 Å². The highest BCUT2D eigenvalue weighted by molar-refractivity contribution is 5.43. The van der Waals surface area contributed by atoms with Gasteiger partial charge in [-0.25, -0.2) is 4.98 Å². The molecule has 0 aromatic carbocycles. The lowest BCUT2D eigenvalue weighted by atomic mass is 9.93. The van der Waals surface area contributed by atoms with E-state index < -0.39 is 0 Å². The lowest BCUT2D eigenvalue weighted by molar-refractivity contribution is 0.196. The van der Waals surface area contributed by atoms with Crippen molar-refractivity contribution in [2.24, 2.45) is 0 Å². The van der Waals surface area contributed by atoms with Crippen LogP contribution in [-0.4, -0.2) is 29.3 Å². The third kappa shape index (κ3) is 2.83. The minimum atomic E-state index is 0.0176. The summed E-state index contributed by atoms with van der Waals surface area (Å²) in [5.74, 6) is 0.559. The van der Waals surface area contributed by atoms with Gasteiger partial charge in [0.25, 0.3) is 0 Å². The molecule has 1 aliphatic carbocycles. The minimum absolute atomic E-state index is 0.0176. The summed E-state index contributed by atoms with van der Waals surface area (Å²) in [5.41, 5.74) is 1.04. The number of aromatic nitrogens is 1. The average molecular weight is 208 g/mol. The zero-order valence-electron chi connectivity index (χ0n) is 8.65. The van der Waals surface area contributed by atoms with Crippen molar-refractivity contribution in [2.75, 3.05) is 18.5 Å². The van der Waals surface area contributed by atoms with E-state index in [1.54, 1.807) is 6.20 Å². The molecule has 0 aliphatic heterocycles. The number of rotatable bonds is 5. The SMILES string of the molecule is OCCOc1ccc(NC2CCC2)cn1. The Morgan fingerprint density at radius 1 is 1.47 bits per heavy atom. The normalized spacial score (nSPS) is 15.8. The Balaban J connectivity index is 1.85. The minimum Gasteiger partial charge on any atom is -0.475 e. The van der Waals surface area contributed by atoms with Crippen LogP contribution in [0.15, 0.2) is 18.3 Å². The first-order chi connectivity index (χ1) is 7.38. The molecule has 0 atom stereocenters. The molecule has 1 heterocycles. The molecule has 0 spiro atoms. The van der Waals surface area contributed by atoms with Crippen LogP contribution in [0.2, 0.25) is 0 Å². The van der Waals surface area contributed by atoms with Gasteiger partial charge in [0.05, 0.1) is 18.5 Å². The van der Waals surface area contributed by atoms with Crippen LogP contribution in [-0.2, 0) is 0 Å². The van der Waals surface area contributed by atoms with E-state index in [1.165, 1.54) is 19.3 Å². The summed E-state index contributed by atoms with van der Waals surface area (Å²) in [6.07, 6.45) is 5.60. The van der Waals surface area contributed by atoms with Crippen molar-refractivity contribution in [1.29, 1.82) is 0 Å². The number of hydrogen-bond donors (Lipinski definition) is 2. The highest BCUT2D eigenvalue weighted by Crippen LogP contribution is 2.23. The van der Waals surface area contributed by atoms with Crippen molar-refractivity contribution < 1.29 is 9.84 Å². The van der Waals surface area contributed by atoms with Gasteiger partial charge in [-0.15, -0.1) is 0 Å². The summed E-state index contributed by atoms with van der Waals surface area (Å²) in [6, 6.07) is 4.39. The Morgan fingerprint density at radius 2 is 2.33 bits per heavy atom. The van der Waals surface area contributed by atoms with Crippen LogP contribution >= 0.6 is 0 Å². The van der Waals surface area contributed by atoms with E-state index in [9.17, 15) is 0 Å². The zero-order chi connectivity index (χ0) is 10.5. The molecule has 1 aromatic rings. The van der Waals surface area contributed by atoms with Crippen molar-refractivity contribution in [3.63, 3.8) is 0 Å². The molecule has 0 unspecified atom stereocenters. The second kappa shape index (κ2) is 4.98. The number of ether oxygens (including phenoxy) is 1. The van der Waals surface area contributed by atoms with E-state index in [0.29, 0.717) is 18.5 Å². The molecule has 0 radical (unpaired) electrons. The van der Waals surface area contributed by atoms with E-state index in [2.05, 4.69) is 10.3 Å². The van der Waals surface area contributed by atoms with Crippen LogP contribution < -0.4 is 10.1 Å². The second-order valence-corrected chi connectivity index (χ2v) is 3.73. The molecule has 0 saturated heterocycles. The average Bonchev–Trinajstić information content (AvgIpc) is 2.22. The van der Waals surface area contributed by atoms with Gasteiger partial charge in [-0.05, 0) is 25.3 Å². The van der Waals surface area contributed by atoms with E-state index in [4.69, 9.17) is 9.84 Å². The molecule has 0 amide bonds. The van der Waals surface area contributed by atoms with Crippen LogP contribution in [0.1, 0.15) is 19.3 Å². The zero-order valence-corrected chi connectivity index (χ0v) is 8.65. The van der Waals surface area contributed by atoms with Crippen molar-refractivity contribution >= 4 is 5.69 Å². The van der Waals surface area contributed by atoms with Crippen LogP contribution in [0.4, 0.5) is 5.69 Å². The molecular formula is C11H16N2O2. The molecular weight excluding hydrogens is 192 g/mol. The van der Waals surface area contributed by atoms with Gasteiger partial charge < -0.3 is 15.2 Å². The van der Waals surface area contributed by atoms with E-state index in [0.717, 1.165) is 5.69 Å². The molecule has 1 aromatic heterocycles. The van der Waals surface area contributed by atoms with Gasteiger partial charge in [0.2, 0.25) is 5.88 Å². The molecule has 4 nitrogen and oxygen atoms in total. The molecule has 15 heavy (non-hydrogen) atoms. The van der Waals surface area contributed by atoms with Gasteiger partial charge in [0, 0.05) is 12.1 Å². The predicted octanol–water partition coefficient (Wildman–Crippen LogP) is 1.42. The Morgan fingerprint density at radius 3 is 2.87 bits per heavy atom. The van der Waals surface area contributed by atoms with Crippen LogP contribution in [0.3, 0.4) is 0 Å². The lowest BCUT2D eigenvalue weighted by Crippen LogP contribution is -2.26. The van der Waals surface area contributed by atoms with E-state index in [-0.39, 0.29) is 6.61 Å². The monoisotopic (exact) mass is 208 g/mol. The highest BCUT2D eigenvalue weighted by Gasteiger charge is 2.16. The first-order valence-electron chi connectivity index (χ1n) is 5.35. The third-order valence-corrected chi connectivity index (χ3v) is 2.55. The highest BCUT2D eigenvalue weighted by atomic mass is 16.5. The molecule has 2 rings (SSSR count). The summed E-state index contributed by atoms with van der Waals surface area (Å²) in [5, 5.41) is 12.0. The smallest absolute Gasteiger partial charge is 0.213 e.